The Morgan fingerprint density at radius 1 is 1.50 bits per heavy atom. The molecule has 0 spiro atoms. The van der Waals surface area contributed by atoms with E-state index in [1.165, 1.54) is 12.4 Å². The summed E-state index contributed by atoms with van der Waals surface area (Å²) in [6.07, 6.45) is 6.01. The molecule has 2 aromatic heterocycles. The number of nitro groups is 1. The zero-order chi connectivity index (χ0) is 11.5. The molecule has 7 nitrogen and oxygen atoms in total. The molecule has 0 aliphatic rings. The molecule has 0 saturated carbocycles. The molecule has 2 rings (SSSR count). The Labute approximate surface area is 90.9 Å². The summed E-state index contributed by atoms with van der Waals surface area (Å²) in [5, 5.41) is 17.6. The second kappa shape index (κ2) is 3.97. The number of hydrogen-bond donors (Lipinski definition) is 1. The van der Waals surface area contributed by atoms with Crippen molar-refractivity contribution in [1.82, 2.24) is 14.8 Å². The normalized spacial score (nSPS) is 10.1. The van der Waals surface area contributed by atoms with Gasteiger partial charge in [-0.3, -0.25) is 19.8 Å². The molecule has 82 valence electrons. The SMILES string of the molecule is Cn1cc(Nc2ccncc2[N+](=O)[O-])cn1. The second-order valence-corrected chi connectivity index (χ2v) is 3.18. The molecule has 1 N–H and O–H groups in total. The average Bonchev–Trinajstić information content (AvgIpc) is 2.64. The smallest absolute Gasteiger partial charge is 0.310 e. The van der Waals surface area contributed by atoms with E-state index in [0.29, 0.717) is 11.4 Å². The Kier molecular flexibility index (Phi) is 2.50. The van der Waals surface area contributed by atoms with Crippen molar-refractivity contribution in [3.63, 3.8) is 0 Å². The van der Waals surface area contributed by atoms with Crippen molar-refractivity contribution in [1.29, 1.82) is 0 Å². The minimum atomic E-state index is -0.480. The van der Waals surface area contributed by atoms with E-state index >= 15 is 0 Å². The fourth-order valence-electron chi connectivity index (χ4n) is 1.28. The zero-order valence-electron chi connectivity index (χ0n) is 8.49. The van der Waals surface area contributed by atoms with Crippen molar-refractivity contribution in [3.8, 4) is 0 Å². The van der Waals surface area contributed by atoms with Crippen molar-refractivity contribution in [2.24, 2.45) is 7.05 Å². The van der Waals surface area contributed by atoms with Gasteiger partial charge >= 0.3 is 5.69 Å². The van der Waals surface area contributed by atoms with Crippen LogP contribution in [0.3, 0.4) is 0 Å². The number of rotatable bonds is 3. The quantitative estimate of drug-likeness (QED) is 0.624. The van der Waals surface area contributed by atoms with Crippen LogP contribution in [-0.2, 0) is 7.05 Å². The van der Waals surface area contributed by atoms with Crippen LogP contribution in [0.2, 0.25) is 0 Å². The molecule has 0 aliphatic carbocycles. The maximum absolute atomic E-state index is 10.7. The summed E-state index contributed by atoms with van der Waals surface area (Å²) in [4.78, 5) is 14.0. The molecule has 0 atom stereocenters. The molecule has 0 saturated heterocycles. The topological polar surface area (TPSA) is 85.9 Å². The van der Waals surface area contributed by atoms with Gasteiger partial charge in [-0.15, -0.1) is 0 Å². The van der Waals surface area contributed by atoms with Crippen LogP contribution in [0.4, 0.5) is 17.1 Å². The van der Waals surface area contributed by atoms with Crippen LogP contribution in [0.15, 0.2) is 30.9 Å². The van der Waals surface area contributed by atoms with Gasteiger partial charge in [0.25, 0.3) is 0 Å². The lowest BCUT2D eigenvalue weighted by atomic mass is 10.3. The van der Waals surface area contributed by atoms with Gasteiger partial charge < -0.3 is 5.32 Å². The maximum Gasteiger partial charge on any atom is 0.310 e. The van der Waals surface area contributed by atoms with Crippen LogP contribution in [0, 0.1) is 10.1 Å². The molecule has 2 aromatic rings. The third-order valence-corrected chi connectivity index (χ3v) is 1.98. The van der Waals surface area contributed by atoms with Gasteiger partial charge in [0, 0.05) is 19.4 Å². The first-order valence-corrected chi connectivity index (χ1v) is 4.51. The lowest BCUT2D eigenvalue weighted by Crippen LogP contribution is -1.96. The van der Waals surface area contributed by atoms with Gasteiger partial charge in [0.05, 0.1) is 16.8 Å². The molecule has 0 amide bonds. The van der Waals surface area contributed by atoms with Crippen LogP contribution >= 0.6 is 0 Å². The summed E-state index contributed by atoms with van der Waals surface area (Å²) in [7, 11) is 1.77. The number of pyridine rings is 1. The molecular weight excluding hydrogens is 210 g/mol. The lowest BCUT2D eigenvalue weighted by molar-refractivity contribution is -0.384. The van der Waals surface area contributed by atoms with Gasteiger partial charge in [-0.2, -0.15) is 5.10 Å². The fourth-order valence-corrected chi connectivity index (χ4v) is 1.28. The highest BCUT2D eigenvalue weighted by Gasteiger charge is 2.13. The Morgan fingerprint density at radius 3 is 2.94 bits per heavy atom. The fraction of sp³-hybridized carbons (Fsp3) is 0.111. The third-order valence-electron chi connectivity index (χ3n) is 1.98. The largest absolute Gasteiger partial charge is 0.347 e. The van der Waals surface area contributed by atoms with E-state index in [0.717, 1.165) is 0 Å². The first kappa shape index (κ1) is 10.1. The monoisotopic (exact) mass is 219 g/mol. The molecule has 0 radical (unpaired) electrons. The van der Waals surface area contributed by atoms with Crippen molar-refractivity contribution < 1.29 is 4.92 Å². The van der Waals surface area contributed by atoms with Gasteiger partial charge in [0.1, 0.15) is 11.9 Å². The minimum Gasteiger partial charge on any atom is -0.347 e. The minimum absolute atomic E-state index is 0.0636. The number of anilines is 2. The average molecular weight is 219 g/mol. The first-order chi connectivity index (χ1) is 7.66. The van der Waals surface area contributed by atoms with Crippen molar-refractivity contribution >= 4 is 17.1 Å². The molecule has 0 aliphatic heterocycles. The third kappa shape index (κ3) is 1.97. The summed E-state index contributed by atoms with van der Waals surface area (Å²) in [5.41, 5.74) is 1.02. The first-order valence-electron chi connectivity index (χ1n) is 4.51. The number of hydrogen-bond acceptors (Lipinski definition) is 5. The van der Waals surface area contributed by atoms with E-state index in [1.807, 2.05) is 0 Å². The zero-order valence-corrected chi connectivity index (χ0v) is 8.49. The van der Waals surface area contributed by atoms with E-state index in [-0.39, 0.29) is 5.69 Å². The van der Waals surface area contributed by atoms with Gasteiger partial charge in [-0.1, -0.05) is 0 Å². The highest BCUT2D eigenvalue weighted by molar-refractivity contribution is 5.67. The molecule has 0 unspecified atom stereocenters. The number of nitrogens with zero attached hydrogens (tertiary/aromatic N) is 4. The molecule has 0 aromatic carbocycles. The molecule has 0 fully saturated rings. The van der Waals surface area contributed by atoms with Crippen LogP contribution in [0.1, 0.15) is 0 Å². The maximum atomic E-state index is 10.7. The second-order valence-electron chi connectivity index (χ2n) is 3.18. The summed E-state index contributed by atoms with van der Waals surface area (Å²) in [5.74, 6) is 0. The Balaban J connectivity index is 2.31. The van der Waals surface area contributed by atoms with Crippen LogP contribution in [0.5, 0.6) is 0 Å². The van der Waals surface area contributed by atoms with Crippen molar-refractivity contribution in [2.45, 2.75) is 0 Å². The van der Waals surface area contributed by atoms with Gasteiger partial charge in [-0.25, -0.2) is 0 Å². The molecule has 2 heterocycles. The molecular formula is C9H9N5O2. The van der Waals surface area contributed by atoms with Crippen molar-refractivity contribution in [3.05, 3.63) is 41.0 Å². The number of aromatic nitrogens is 3. The van der Waals surface area contributed by atoms with Gasteiger partial charge in [-0.05, 0) is 6.07 Å². The highest BCUT2D eigenvalue weighted by Crippen LogP contribution is 2.25. The van der Waals surface area contributed by atoms with Crippen LogP contribution in [-0.4, -0.2) is 19.7 Å². The highest BCUT2D eigenvalue weighted by atomic mass is 16.6. The lowest BCUT2D eigenvalue weighted by Gasteiger charge is -2.02. The van der Waals surface area contributed by atoms with E-state index in [4.69, 9.17) is 0 Å². The Bertz CT molecular complexity index is 522. The van der Waals surface area contributed by atoms with Crippen molar-refractivity contribution in [2.75, 3.05) is 5.32 Å². The van der Waals surface area contributed by atoms with Crippen LogP contribution in [0.25, 0.3) is 0 Å². The van der Waals surface area contributed by atoms with E-state index in [1.54, 1.807) is 30.2 Å². The summed E-state index contributed by atoms with van der Waals surface area (Å²) in [6, 6.07) is 1.55. The number of aryl methyl sites for hydroxylation is 1. The number of nitrogens with one attached hydrogen (secondary N) is 1. The van der Waals surface area contributed by atoms with E-state index < -0.39 is 4.92 Å². The van der Waals surface area contributed by atoms with Crippen LogP contribution < -0.4 is 5.32 Å². The predicted molar refractivity (Wildman–Crippen MR) is 57.4 cm³/mol. The standard InChI is InChI=1S/C9H9N5O2/c1-13-6-7(4-11-13)12-8-2-3-10-5-9(8)14(15)16/h2-6H,1H3,(H,10,12). The molecule has 7 heteroatoms. The summed E-state index contributed by atoms with van der Waals surface area (Å²) in [6.45, 7) is 0. The van der Waals surface area contributed by atoms with Gasteiger partial charge in [0.15, 0.2) is 0 Å². The Hall–Kier alpha value is -2.44. The molecule has 0 bridgehead atoms. The predicted octanol–water partition coefficient (Wildman–Crippen LogP) is 1.47. The van der Waals surface area contributed by atoms with E-state index in [9.17, 15) is 10.1 Å². The Morgan fingerprint density at radius 2 is 2.31 bits per heavy atom. The summed E-state index contributed by atoms with van der Waals surface area (Å²) < 4.78 is 1.61. The van der Waals surface area contributed by atoms with Gasteiger partial charge in [0.2, 0.25) is 0 Å². The molecule has 16 heavy (non-hydrogen) atoms. The summed E-state index contributed by atoms with van der Waals surface area (Å²) >= 11 is 0. The van der Waals surface area contributed by atoms with E-state index in [2.05, 4.69) is 15.4 Å².